The van der Waals surface area contributed by atoms with Gasteiger partial charge in [-0.1, -0.05) is 113 Å². The summed E-state index contributed by atoms with van der Waals surface area (Å²) < 4.78 is 0. The average Bonchev–Trinajstić information content (AvgIpc) is 3.01. The Labute approximate surface area is 264 Å². The van der Waals surface area contributed by atoms with Crippen LogP contribution in [0, 0.1) is 13.8 Å². The second kappa shape index (κ2) is 14.5. The van der Waals surface area contributed by atoms with Crippen molar-refractivity contribution < 1.29 is 10.2 Å². The summed E-state index contributed by atoms with van der Waals surface area (Å²) in [5.41, 5.74) is 7.30. The first-order chi connectivity index (χ1) is 21.0. The lowest BCUT2D eigenvalue weighted by Crippen LogP contribution is -2.19. The Kier molecular flexibility index (Phi) is 10.8. The van der Waals surface area contributed by atoms with Crippen LogP contribution < -0.4 is 0 Å². The van der Waals surface area contributed by atoms with Crippen LogP contribution in [0.1, 0.15) is 97.9 Å². The van der Waals surface area contributed by atoms with Gasteiger partial charge in [-0.15, -0.1) is 0 Å². The molecule has 0 aliphatic heterocycles. The lowest BCUT2D eigenvalue weighted by molar-refractivity contribution is 0.451. The number of aryl methyl sites for hydroxylation is 2. The topological polar surface area (TPSA) is 65.2 Å². The molecule has 0 aliphatic carbocycles. The van der Waals surface area contributed by atoms with Crippen LogP contribution in [0.2, 0.25) is 0 Å². The number of aromatic hydroxyl groups is 2. The number of benzene rings is 4. The van der Waals surface area contributed by atoms with Gasteiger partial charge in [-0.3, -0.25) is 9.98 Å². The van der Waals surface area contributed by atoms with Crippen molar-refractivity contribution in [2.45, 2.75) is 78.1 Å². The van der Waals surface area contributed by atoms with E-state index in [0.717, 1.165) is 72.2 Å². The molecular weight excluding hydrogens is 540 g/mol. The van der Waals surface area contributed by atoms with Crippen LogP contribution in [-0.2, 0) is 10.8 Å². The predicted octanol–water partition coefficient (Wildman–Crippen LogP) is 9.46. The van der Waals surface area contributed by atoms with E-state index in [4.69, 9.17) is 0 Å². The molecule has 0 fully saturated rings. The van der Waals surface area contributed by atoms with Crippen molar-refractivity contribution in [3.05, 3.63) is 129 Å². The minimum absolute atomic E-state index is 0.307. The quantitative estimate of drug-likeness (QED) is 0.121. The Bertz CT molecular complexity index is 1460. The Morgan fingerprint density at radius 1 is 0.545 bits per heavy atom. The number of hydrogen-bond acceptors (Lipinski definition) is 4. The molecule has 0 saturated carbocycles. The molecule has 0 spiro atoms. The fourth-order valence-corrected chi connectivity index (χ4v) is 5.87. The molecule has 0 radical (unpaired) electrons. The van der Waals surface area contributed by atoms with Crippen LogP contribution in [0.15, 0.2) is 94.9 Å². The summed E-state index contributed by atoms with van der Waals surface area (Å²) in [7, 11) is 0. The maximum absolute atomic E-state index is 11.1. The minimum Gasteiger partial charge on any atom is -0.507 e. The SMILES string of the molecule is Cc1cc(C=NCCCCCCN=Cc2cc(C)cc(C(C)(C)c3ccccc3)c2O)c(O)c(C(C)(C)c2ccccc2)c1. The average molecular weight is 589 g/mol. The Morgan fingerprint density at radius 3 is 1.27 bits per heavy atom. The van der Waals surface area contributed by atoms with E-state index in [1.54, 1.807) is 0 Å². The fourth-order valence-electron chi connectivity index (χ4n) is 5.87. The van der Waals surface area contributed by atoms with Gasteiger partial charge in [0.1, 0.15) is 11.5 Å². The molecule has 0 amide bonds. The van der Waals surface area contributed by atoms with Crippen LogP contribution in [0.4, 0.5) is 0 Å². The minimum atomic E-state index is -0.318. The molecule has 2 N–H and O–H groups in total. The van der Waals surface area contributed by atoms with Gasteiger partial charge in [-0.25, -0.2) is 0 Å². The normalized spacial score (nSPS) is 12.4. The molecule has 0 aliphatic rings. The first-order valence-electron chi connectivity index (χ1n) is 15.8. The third kappa shape index (κ3) is 7.85. The maximum Gasteiger partial charge on any atom is 0.128 e. The zero-order chi connectivity index (χ0) is 31.7. The number of hydrogen-bond donors (Lipinski definition) is 2. The second-order valence-electron chi connectivity index (χ2n) is 13.0. The highest BCUT2D eigenvalue weighted by Gasteiger charge is 2.28. The van der Waals surface area contributed by atoms with Crippen LogP contribution in [0.5, 0.6) is 11.5 Å². The zero-order valence-corrected chi connectivity index (χ0v) is 27.3. The zero-order valence-electron chi connectivity index (χ0n) is 27.3. The molecule has 0 unspecified atom stereocenters. The molecule has 4 heteroatoms. The van der Waals surface area contributed by atoms with Crippen molar-refractivity contribution in [2.75, 3.05) is 13.1 Å². The Morgan fingerprint density at radius 2 is 0.909 bits per heavy atom. The van der Waals surface area contributed by atoms with Crippen LogP contribution in [0.25, 0.3) is 0 Å². The number of aliphatic imine (C=N–C) groups is 2. The predicted molar refractivity (Wildman–Crippen MR) is 186 cm³/mol. The molecule has 44 heavy (non-hydrogen) atoms. The summed E-state index contributed by atoms with van der Waals surface area (Å²) in [5, 5.41) is 22.3. The van der Waals surface area contributed by atoms with Crippen molar-refractivity contribution >= 4 is 12.4 Å². The largest absolute Gasteiger partial charge is 0.507 e. The van der Waals surface area contributed by atoms with Crippen molar-refractivity contribution in [1.29, 1.82) is 0 Å². The molecule has 0 aromatic heterocycles. The number of phenolic OH excluding ortho intramolecular Hbond substituents is 2. The second-order valence-corrected chi connectivity index (χ2v) is 13.0. The molecule has 4 nitrogen and oxygen atoms in total. The van der Waals surface area contributed by atoms with Crippen molar-refractivity contribution in [3.63, 3.8) is 0 Å². The number of nitrogens with zero attached hydrogens (tertiary/aromatic N) is 2. The van der Waals surface area contributed by atoms with E-state index in [0.29, 0.717) is 11.5 Å². The summed E-state index contributed by atoms with van der Waals surface area (Å²) in [5.74, 6) is 0.614. The van der Waals surface area contributed by atoms with Gasteiger partial charge in [0.2, 0.25) is 0 Å². The van der Waals surface area contributed by atoms with Crippen LogP contribution >= 0.6 is 0 Å². The maximum atomic E-state index is 11.1. The molecule has 4 rings (SSSR count). The van der Waals surface area contributed by atoms with Gasteiger partial charge in [-0.2, -0.15) is 0 Å². The molecule has 4 aromatic carbocycles. The Hall–Kier alpha value is -4.18. The fraction of sp³-hybridized carbons (Fsp3) is 0.350. The lowest BCUT2D eigenvalue weighted by Gasteiger charge is -2.28. The highest BCUT2D eigenvalue weighted by molar-refractivity contribution is 5.85. The summed E-state index contributed by atoms with van der Waals surface area (Å²) in [6.45, 7) is 14.2. The molecule has 0 atom stereocenters. The molecule has 0 bridgehead atoms. The van der Waals surface area contributed by atoms with Gasteiger partial charge in [-0.05, 0) is 61.1 Å². The van der Waals surface area contributed by atoms with Crippen molar-refractivity contribution in [1.82, 2.24) is 0 Å². The lowest BCUT2D eigenvalue weighted by atomic mass is 9.76. The smallest absolute Gasteiger partial charge is 0.128 e. The van der Waals surface area contributed by atoms with E-state index in [9.17, 15) is 10.2 Å². The first-order valence-corrected chi connectivity index (χ1v) is 15.8. The standard InChI is InChI=1S/C40H48N2O2/c1-29-23-31(37(43)35(25-29)39(3,4)33-17-11-9-12-18-33)27-41-21-15-7-8-16-22-42-28-32-24-30(2)26-36(38(32)44)40(5,6)34-19-13-10-14-20-34/h9-14,17-20,23-28,43-44H,7-8,15-16,21-22H2,1-6H3. The van der Waals surface area contributed by atoms with Gasteiger partial charge in [0, 0.05) is 58.6 Å². The molecule has 0 heterocycles. The highest BCUT2D eigenvalue weighted by atomic mass is 16.3. The third-order valence-electron chi connectivity index (χ3n) is 8.69. The summed E-state index contributed by atoms with van der Waals surface area (Å²) in [4.78, 5) is 9.28. The van der Waals surface area contributed by atoms with Crippen molar-refractivity contribution in [3.8, 4) is 11.5 Å². The van der Waals surface area contributed by atoms with Gasteiger partial charge in [0.25, 0.3) is 0 Å². The highest BCUT2D eigenvalue weighted by Crippen LogP contribution is 2.40. The van der Waals surface area contributed by atoms with E-state index < -0.39 is 0 Å². The van der Waals surface area contributed by atoms with E-state index in [-0.39, 0.29) is 10.8 Å². The van der Waals surface area contributed by atoms with Crippen LogP contribution in [0.3, 0.4) is 0 Å². The molecule has 4 aromatic rings. The van der Waals surface area contributed by atoms with Gasteiger partial charge >= 0.3 is 0 Å². The monoisotopic (exact) mass is 588 g/mol. The molecule has 230 valence electrons. The van der Waals surface area contributed by atoms with Gasteiger partial charge in [0.15, 0.2) is 0 Å². The van der Waals surface area contributed by atoms with E-state index in [2.05, 4.69) is 87.9 Å². The summed E-state index contributed by atoms with van der Waals surface area (Å²) >= 11 is 0. The van der Waals surface area contributed by atoms with E-state index in [1.165, 1.54) is 11.1 Å². The Balaban J connectivity index is 1.26. The van der Waals surface area contributed by atoms with Crippen LogP contribution in [-0.4, -0.2) is 35.7 Å². The van der Waals surface area contributed by atoms with Gasteiger partial charge in [0.05, 0.1) is 0 Å². The van der Waals surface area contributed by atoms with E-state index >= 15 is 0 Å². The van der Waals surface area contributed by atoms with E-state index in [1.807, 2.05) is 61.0 Å². The third-order valence-corrected chi connectivity index (χ3v) is 8.69. The number of rotatable bonds is 13. The number of phenols is 2. The summed E-state index contributed by atoms with van der Waals surface area (Å²) in [6, 6.07) is 28.8. The van der Waals surface area contributed by atoms with Gasteiger partial charge < -0.3 is 10.2 Å². The summed E-state index contributed by atoms with van der Waals surface area (Å²) in [6.07, 6.45) is 7.77. The molecular formula is C40H48N2O2. The van der Waals surface area contributed by atoms with Crippen molar-refractivity contribution in [2.24, 2.45) is 9.98 Å². The molecule has 0 saturated heterocycles. The first kappa shape index (κ1) is 32.7. The number of unbranched alkanes of at least 4 members (excludes halogenated alkanes) is 3.